The van der Waals surface area contributed by atoms with Crippen LogP contribution in [0.3, 0.4) is 0 Å². The van der Waals surface area contributed by atoms with Gasteiger partial charge in [-0.3, -0.25) is 0 Å². The zero-order chi connectivity index (χ0) is 10.8. The van der Waals surface area contributed by atoms with Crippen molar-refractivity contribution in [3.63, 3.8) is 0 Å². The summed E-state index contributed by atoms with van der Waals surface area (Å²) in [6, 6.07) is 11.6. The Labute approximate surface area is 88.5 Å². The molecule has 1 aliphatic rings. The fraction of sp³-hybridized carbons (Fsp3) is 0.167. The normalized spacial score (nSPS) is 18.5. The third-order valence-corrected chi connectivity index (χ3v) is 2.57. The van der Waals surface area contributed by atoms with Crippen LogP contribution in [-0.4, -0.2) is 13.1 Å². The smallest absolute Gasteiger partial charge is 0.137 e. The first-order valence-electron chi connectivity index (χ1n) is 4.61. The third kappa shape index (κ3) is 1.35. The van der Waals surface area contributed by atoms with E-state index < -0.39 is 0 Å². The second kappa shape index (κ2) is 3.48. The first-order valence-corrected chi connectivity index (χ1v) is 4.61. The van der Waals surface area contributed by atoms with E-state index in [4.69, 9.17) is 10.5 Å². The van der Waals surface area contributed by atoms with Gasteiger partial charge in [0.15, 0.2) is 0 Å². The van der Waals surface area contributed by atoms with Crippen LogP contribution in [0.1, 0.15) is 5.56 Å². The van der Waals surface area contributed by atoms with Crippen LogP contribution in [0.25, 0.3) is 5.57 Å². The number of hydrogen-bond acceptors (Lipinski definition) is 3. The molecule has 3 heteroatoms. The Hall–Kier alpha value is -2.26. The molecule has 3 nitrogen and oxygen atoms in total. The zero-order valence-corrected chi connectivity index (χ0v) is 8.31. The van der Waals surface area contributed by atoms with Crippen LogP contribution in [0.2, 0.25) is 0 Å². The van der Waals surface area contributed by atoms with E-state index in [0.29, 0.717) is 5.57 Å². The summed E-state index contributed by atoms with van der Waals surface area (Å²) in [6.07, 6.45) is 1.70. The number of likely N-dealkylation sites (N-methyl/N-ethyl adjacent to an activating group) is 1. The van der Waals surface area contributed by atoms with Gasteiger partial charge < -0.3 is 4.90 Å². The lowest BCUT2D eigenvalue weighted by atomic mass is 9.97. The van der Waals surface area contributed by atoms with Crippen molar-refractivity contribution in [1.29, 1.82) is 10.5 Å². The van der Waals surface area contributed by atoms with Gasteiger partial charge in [0, 0.05) is 18.3 Å². The number of benzene rings is 1. The summed E-state index contributed by atoms with van der Waals surface area (Å²) in [4.78, 5) is 1.87. The van der Waals surface area contributed by atoms with Crippen LogP contribution in [0.15, 0.2) is 30.3 Å². The third-order valence-electron chi connectivity index (χ3n) is 2.57. The van der Waals surface area contributed by atoms with E-state index in [1.807, 2.05) is 36.2 Å². The van der Waals surface area contributed by atoms with E-state index >= 15 is 0 Å². The van der Waals surface area contributed by atoms with Crippen molar-refractivity contribution in [3.05, 3.63) is 35.9 Å². The molecule has 0 saturated heterocycles. The van der Waals surface area contributed by atoms with Gasteiger partial charge in [0.25, 0.3) is 0 Å². The SMILES string of the molecule is CN1c2ccccc2C(C#N)=CC1C#N. The maximum absolute atomic E-state index is 8.99. The molecule has 0 amide bonds. The van der Waals surface area contributed by atoms with Crippen molar-refractivity contribution in [3.8, 4) is 12.1 Å². The van der Waals surface area contributed by atoms with Crippen molar-refractivity contribution in [2.45, 2.75) is 6.04 Å². The van der Waals surface area contributed by atoms with Gasteiger partial charge in [-0.25, -0.2) is 0 Å². The molecular weight excluding hydrogens is 186 g/mol. The van der Waals surface area contributed by atoms with Crippen molar-refractivity contribution in [2.24, 2.45) is 0 Å². The molecule has 1 aromatic carbocycles. The van der Waals surface area contributed by atoms with E-state index in [9.17, 15) is 0 Å². The number of para-hydroxylation sites is 1. The molecule has 0 aromatic heterocycles. The Balaban J connectivity index is 2.63. The second-order valence-corrected chi connectivity index (χ2v) is 3.39. The molecule has 0 fully saturated rings. The Morgan fingerprint density at radius 3 is 2.67 bits per heavy atom. The van der Waals surface area contributed by atoms with E-state index in [0.717, 1.165) is 11.3 Å². The van der Waals surface area contributed by atoms with Crippen molar-refractivity contribution < 1.29 is 0 Å². The van der Waals surface area contributed by atoms with Crippen LogP contribution >= 0.6 is 0 Å². The standard InChI is InChI=1S/C12H9N3/c1-15-10(8-14)6-9(7-13)11-4-2-3-5-12(11)15/h2-6,10H,1H3. The summed E-state index contributed by atoms with van der Waals surface area (Å²) in [5.41, 5.74) is 2.41. The average Bonchev–Trinajstić information content (AvgIpc) is 2.30. The summed E-state index contributed by atoms with van der Waals surface area (Å²) in [5, 5.41) is 17.9. The quantitative estimate of drug-likeness (QED) is 0.635. The summed E-state index contributed by atoms with van der Waals surface area (Å²) in [5.74, 6) is 0. The minimum absolute atomic E-state index is 0.352. The molecule has 72 valence electrons. The maximum Gasteiger partial charge on any atom is 0.137 e. The largest absolute Gasteiger partial charge is 0.355 e. The zero-order valence-electron chi connectivity index (χ0n) is 8.31. The van der Waals surface area contributed by atoms with E-state index in [2.05, 4.69) is 12.1 Å². The van der Waals surface area contributed by atoms with E-state index in [-0.39, 0.29) is 6.04 Å². The predicted molar refractivity (Wildman–Crippen MR) is 57.8 cm³/mol. The van der Waals surface area contributed by atoms with Gasteiger partial charge >= 0.3 is 0 Å². The van der Waals surface area contributed by atoms with Crippen LogP contribution in [0, 0.1) is 22.7 Å². The molecule has 0 spiro atoms. The highest BCUT2D eigenvalue weighted by atomic mass is 15.1. The first-order chi connectivity index (χ1) is 7.27. The molecule has 1 heterocycles. The number of fused-ring (bicyclic) bond motifs is 1. The van der Waals surface area contributed by atoms with Crippen LogP contribution in [0.4, 0.5) is 5.69 Å². The summed E-state index contributed by atoms with van der Waals surface area (Å²) in [6.45, 7) is 0. The van der Waals surface area contributed by atoms with E-state index in [1.54, 1.807) is 6.08 Å². The molecule has 1 atom stereocenters. The van der Waals surface area contributed by atoms with Crippen LogP contribution in [0.5, 0.6) is 0 Å². The Morgan fingerprint density at radius 1 is 1.27 bits per heavy atom. The van der Waals surface area contributed by atoms with Gasteiger partial charge in [0.1, 0.15) is 6.04 Å². The lowest BCUT2D eigenvalue weighted by molar-refractivity contribution is 0.893. The Morgan fingerprint density at radius 2 is 2.00 bits per heavy atom. The monoisotopic (exact) mass is 195 g/mol. The Kier molecular flexibility index (Phi) is 2.15. The molecule has 0 bridgehead atoms. The predicted octanol–water partition coefficient (Wildman–Crippen LogP) is 1.94. The average molecular weight is 195 g/mol. The molecule has 0 aliphatic carbocycles. The van der Waals surface area contributed by atoms with Gasteiger partial charge in [-0.1, -0.05) is 18.2 Å². The molecule has 0 radical (unpaired) electrons. The molecule has 2 rings (SSSR count). The molecule has 15 heavy (non-hydrogen) atoms. The molecule has 0 saturated carbocycles. The number of nitriles is 2. The maximum atomic E-state index is 8.99. The van der Waals surface area contributed by atoms with Crippen LogP contribution in [-0.2, 0) is 0 Å². The van der Waals surface area contributed by atoms with Crippen molar-refractivity contribution >= 4 is 11.3 Å². The molecular formula is C12H9N3. The number of hydrogen-bond donors (Lipinski definition) is 0. The number of nitrogens with zero attached hydrogens (tertiary/aromatic N) is 3. The molecule has 1 unspecified atom stereocenters. The highest BCUT2D eigenvalue weighted by Gasteiger charge is 2.22. The van der Waals surface area contributed by atoms with Crippen molar-refractivity contribution in [1.82, 2.24) is 0 Å². The minimum Gasteiger partial charge on any atom is -0.355 e. The fourth-order valence-corrected chi connectivity index (χ4v) is 1.74. The fourth-order valence-electron chi connectivity index (χ4n) is 1.74. The lowest BCUT2D eigenvalue weighted by Gasteiger charge is -2.29. The number of rotatable bonds is 0. The summed E-state index contributed by atoms with van der Waals surface area (Å²) >= 11 is 0. The molecule has 0 N–H and O–H groups in total. The second-order valence-electron chi connectivity index (χ2n) is 3.39. The number of allylic oxidation sites excluding steroid dienone is 1. The van der Waals surface area contributed by atoms with Gasteiger partial charge in [-0.2, -0.15) is 10.5 Å². The number of anilines is 1. The summed E-state index contributed by atoms with van der Waals surface area (Å²) in [7, 11) is 1.86. The van der Waals surface area contributed by atoms with E-state index in [1.165, 1.54) is 0 Å². The van der Waals surface area contributed by atoms with Gasteiger partial charge in [0.2, 0.25) is 0 Å². The highest BCUT2D eigenvalue weighted by molar-refractivity contribution is 5.88. The van der Waals surface area contributed by atoms with Crippen LogP contribution < -0.4 is 4.90 Å². The summed E-state index contributed by atoms with van der Waals surface area (Å²) < 4.78 is 0. The first kappa shape index (κ1) is 9.30. The molecule has 1 aliphatic heterocycles. The Bertz CT molecular complexity index is 502. The lowest BCUT2D eigenvalue weighted by Crippen LogP contribution is -2.31. The minimum atomic E-state index is -0.352. The topological polar surface area (TPSA) is 50.8 Å². The van der Waals surface area contributed by atoms with Gasteiger partial charge in [-0.05, 0) is 12.1 Å². The van der Waals surface area contributed by atoms with Crippen molar-refractivity contribution in [2.75, 3.05) is 11.9 Å². The molecule has 1 aromatic rings. The highest BCUT2D eigenvalue weighted by Crippen LogP contribution is 2.32. The van der Waals surface area contributed by atoms with Gasteiger partial charge in [-0.15, -0.1) is 0 Å². The van der Waals surface area contributed by atoms with Gasteiger partial charge in [0.05, 0.1) is 17.7 Å².